The summed E-state index contributed by atoms with van der Waals surface area (Å²) in [5.41, 5.74) is 2.41. The van der Waals surface area contributed by atoms with Gasteiger partial charge in [-0.3, -0.25) is 4.79 Å². The summed E-state index contributed by atoms with van der Waals surface area (Å²) in [6.07, 6.45) is -2.47. The van der Waals surface area contributed by atoms with Crippen molar-refractivity contribution in [3.8, 4) is 16.9 Å². The van der Waals surface area contributed by atoms with Crippen LogP contribution in [0.1, 0.15) is 27.4 Å². The van der Waals surface area contributed by atoms with Crippen LogP contribution < -0.4 is 4.90 Å². The van der Waals surface area contributed by atoms with Gasteiger partial charge in [0, 0.05) is 55.0 Å². The molecule has 0 N–H and O–H groups in total. The molecule has 0 atom stereocenters. The first-order chi connectivity index (χ1) is 17.4. The van der Waals surface area contributed by atoms with Crippen molar-refractivity contribution in [3.05, 3.63) is 89.5 Å². The summed E-state index contributed by atoms with van der Waals surface area (Å²) < 4.78 is 48.1. The van der Waals surface area contributed by atoms with Crippen molar-refractivity contribution in [2.24, 2.45) is 0 Å². The summed E-state index contributed by atoms with van der Waals surface area (Å²) in [6, 6.07) is 18.4. The van der Waals surface area contributed by atoms with E-state index in [0.717, 1.165) is 18.8 Å². The highest BCUT2D eigenvalue weighted by molar-refractivity contribution is 5.94. The number of para-hydroxylation sites is 1. The fourth-order valence-corrected chi connectivity index (χ4v) is 5.10. The lowest BCUT2D eigenvalue weighted by molar-refractivity contribution is -0.142. The minimum absolute atomic E-state index is 0.0927. The molecule has 3 heterocycles. The van der Waals surface area contributed by atoms with Crippen LogP contribution in [0.2, 0.25) is 0 Å². The SMILES string of the molecule is O=C(c1ccc(-n2nc(C(F)(F)F)c3c2-c2ccoc2CC3)cc1)N1CCN(c2ccccc2)CC1. The average molecular weight is 493 g/mol. The Morgan fingerprint density at radius 3 is 2.28 bits per heavy atom. The van der Waals surface area contributed by atoms with Crippen LogP contribution in [0.3, 0.4) is 0 Å². The number of carbonyl (C=O) groups excluding carboxylic acids is 1. The van der Waals surface area contributed by atoms with E-state index < -0.39 is 11.9 Å². The lowest BCUT2D eigenvalue weighted by atomic mass is 9.94. The fraction of sp³-hybridized carbons (Fsp3) is 0.259. The Labute approximate surface area is 205 Å². The highest BCUT2D eigenvalue weighted by Gasteiger charge is 2.41. The predicted molar refractivity (Wildman–Crippen MR) is 128 cm³/mol. The number of rotatable bonds is 3. The first-order valence-electron chi connectivity index (χ1n) is 11.9. The number of alkyl halides is 3. The molecule has 2 aliphatic rings. The Balaban J connectivity index is 1.25. The minimum Gasteiger partial charge on any atom is -0.469 e. The minimum atomic E-state index is -4.56. The summed E-state index contributed by atoms with van der Waals surface area (Å²) in [7, 11) is 0. The Morgan fingerprint density at radius 2 is 1.58 bits per heavy atom. The van der Waals surface area contributed by atoms with Crippen molar-refractivity contribution in [1.82, 2.24) is 14.7 Å². The number of hydrogen-bond donors (Lipinski definition) is 0. The van der Waals surface area contributed by atoms with E-state index in [1.54, 1.807) is 30.3 Å². The molecule has 6 rings (SSSR count). The largest absolute Gasteiger partial charge is 0.469 e. The van der Waals surface area contributed by atoms with Gasteiger partial charge in [-0.25, -0.2) is 4.68 Å². The normalized spacial score (nSPS) is 15.5. The highest BCUT2D eigenvalue weighted by atomic mass is 19.4. The lowest BCUT2D eigenvalue weighted by Crippen LogP contribution is -2.48. The van der Waals surface area contributed by atoms with E-state index in [4.69, 9.17) is 4.42 Å². The number of nitrogens with zero attached hydrogens (tertiary/aromatic N) is 4. The number of hydrogen-bond acceptors (Lipinski definition) is 4. The molecule has 1 saturated heterocycles. The van der Waals surface area contributed by atoms with Crippen LogP contribution in [-0.2, 0) is 19.0 Å². The summed E-state index contributed by atoms with van der Waals surface area (Å²) in [5.74, 6) is 0.559. The van der Waals surface area contributed by atoms with Gasteiger partial charge in [-0.1, -0.05) is 18.2 Å². The van der Waals surface area contributed by atoms with E-state index in [0.29, 0.717) is 47.8 Å². The number of amides is 1. The molecule has 184 valence electrons. The second-order valence-corrected chi connectivity index (χ2v) is 9.00. The van der Waals surface area contributed by atoms with Crippen LogP contribution in [0.15, 0.2) is 71.3 Å². The van der Waals surface area contributed by atoms with Crippen LogP contribution >= 0.6 is 0 Å². The number of halogens is 3. The quantitative estimate of drug-likeness (QED) is 0.394. The summed E-state index contributed by atoms with van der Waals surface area (Å²) in [6.45, 7) is 2.67. The van der Waals surface area contributed by atoms with Crippen molar-refractivity contribution in [2.45, 2.75) is 19.0 Å². The third-order valence-corrected chi connectivity index (χ3v) is 6.90. The molecule has 1 amide bonds. The predicted octanol–water partition coefficient (Wildman–Crippen LogP) is 5.21. The Bertz CT molecular complexity index is 1400. The van der Waals surface area contributed by atoms with Crippen LogP contribution in [-0.4, -0.2) is 46.8 Å². The average Bonchev–Trinajstić information content (AvgIpc) is 3.54. The van der Waals surface area contributed by atoms with Gasteiger partial charge in [-0.15, -0.1) is 0 Å². The molecule has 0 unspecified atom stereocenters. The molecule has 0 bridgehead atoms. The number of carbonyl (C=O) groups is 1. The molecule has 1 aliphatic heterocycles. The molecule has 1 aliphatic carbocycles. The van der Waals surface area contributed by atoms with Gasteiger partial charge in [-0.2, -0.15) is 18.3 Å². The third kappa shape index (κ3) is 3.84. The monoisotopic (exact) mass is 492 g/mol. The molecule has 2 aromatic heterocycles. The van der Waals surface area contributed by atoms with E-state index in [1.165, 1.54) is 10.9 Å². The molecule has 36 heavy (non-hydrogen) atoms. The van der Waals surface area contributed by atoms with Crippen molar-refractivity contribution >= 4 is 11.6 Å². The summed E-state index contributed by atoms with van der Waals surface area (Å²) in [4.78, 5) is 17.2. The maximum atomic E-state index is 13.8. The molecule has 9 heteroatoms. The Kier molecular flexibility index (Phi) is 5.35. The molecule has 0 radical (unpaired) electrons. The van der Waals surface area contributed by atoms with E-state index in [9.17, 15) is 18.0 Å². The van der Waals surface area contributed by atoms with E-state index in [1.807, 2.05) is 23.1 Å². The number of fused-ring (bicyclic) bond motifs is 3. The maximum Gasteiger partial charge on any atom is 0.435 e. The smallest absolute Gasteiger partial charge is 0.435 e. The number of furan rings is 1. The zero-order chi connectivity index (χ0) is 24.9. The van der Waals surface area contributed by atoms with Gasteiger partial charge in [0.1, 0.15) is 5.76 Å². The first-order valence-corrected chi connectivity index (χ1v) is 11.9. The topological polar surface area (TPSA) is 54.5 Å². The standard InChI is InChI=1S/C27H23F3N4O2/c28-27(29,30)25-22-10-11-23-21(12-17-36-23)24(22)34(31-25)20-8-6-18(7-9-20)26(35)33-15-13-32(14-16-33)19-4-2-1-3-5-19/h1-9,12,17H,10-11,13-16H2. The van der Waals surface area contributed by atoms with E-state index >= 15 is 0 Å². The highest BCUT2D eigenvalue weighted by Crippen LogP contribution is 2.42. The van der Waals surface area contributed by atoms with Crippen molar-refractivity contribution in [1.29, 1.82) is 0 Å². The second kappa shape index (κ2) is 8.58. The van der Waals surface area contributed by atoms with Gasteiger partial charge < -0.3 is 14.2 Å². The van der Waals surface area contributed by atoms with Crippen LogP contribution in [0.4, 0.5) is 18.9 Å². The maximum absolute atomic E-state index is 13.8. The van der Waals surface area contributed by atoms with Crippen LogP contribution in [0.25, 0.3) is 16.9 Å². The van der Waals surface area contributed by atoms with Crippen molar-refractivity contribution in [3.63, 3.8) is 0 Å². The summed E-state index contributed by atoms with van der Waals surface area (Å²) >= 11 is 0. The van der Waals surface area contributed by atoms with Gasteiger partial charge in [0.05, 0.1) is 17.6 Å². The molecule has 1 fully saturated rings. The van der Waals surface area contributed by atoms with Crippen molar-refractivity contribution in [2.75, 3.05) is 31.1 Å². The Hall–Kier alpha value is -4.01. The fourth-order valence-electron chi connectivity index (χ4n) is 5.10. The molecule has 0 saturated carbocycles. The molecule has 6 nitrogen and oxygen atoms in total. The third-order valence-electron chi connectivity index (χ3n) is 6.90. The number of aromatic nitrogens is 2. The van der Waals surface area contributed by atoms with Gasteiger partial charge in [0.25, 0.3) is 5.91 Å². The summed E-state index contributed by atoms with van der Waals surface area (Å²) in [5, 5.41) is 3.96. The van der Waals surface area contributed by atoms with E-state index in [2.05, 4.69) is 22.1 Å². The molecular weight excluding hydrogens is 469 g/mol. The van der Waals surface area contributed by atoms with Crippen LogP contribution in [0.5, 0.6) is 0 Å². The molecule has 2 aromatic carbocycles. The number of aryl methyl sites for hydroxylation is 1. The van der Waals surface area contributed by atoms with Gasteiger partial charge in [0.2, 0.25) is 0 Å². The zero-order valence-electron chi connectivity index (χ0n) is 19.3. The van der Waals surface area contributed by atoms with Crippen molar-refractivity contribution < 1.29 is 22.4 Å². The number of benzene rings is 2. The number of piperazine rings is 1. The Morgan fingerprint density at radius 1 is 0.861 bits per heavy atom. The van der Waals surface area contributed by atoms with Gasteiger partial charge >= 0.3 is 6.18 Å². The number of anilines is 1. The lowest BCUT2D eigenvalue weighted by Gasteiger charge is -2.36. The first kappa shape index (κ1) is 22.5. The van der Waals surface area contributed by atoms with E-state index in [-0.39, 0.29) is 17.9 Å². The van der Waals surface area contributed by atoms with Crippen LogP contribution in [0, 0.1) is 0 Å². The zero-order valence-corrected chi connectivity index (χ0v) is 19.3. The molecule has 0 spiro atoms. The van der Waals surface area contributed by atoms with Gasteiger partial charge in [0.15, 0.2) is 5.69 Å². The molecular formula is C27H23F3N4O2. The second-order valence-electron chi connectivity index (χ2n) is 9.00. The van der Waals surface area contributed by atoms with Gasteiger partial charge in [-0.05, 0) is 48.9 Å². The molecule has 4 aromatic rings.